The molecule has 0 saturated heterocycles. The lowest BCUT2D eigenvalue weighted by Crippen LogP contribution is -2.40. The highest BCUT2D eigenvalue weighted by Crippen LogP contribution is 2.27. The Morgan fingerprint density at radius 1 is 1.19 bits per heavy atom. The number of carbonyl (C=O) groups is 2. The van der Waals surface area contributed by atoms with Crippen LogP contribution >= 0.6 is 0 Å². The van der Waals surface area contributed by atoms with Crippen LogP contribution in [0.3, 0.4) is 0 Å². The monoisotopic (exact) mass is 294 g/mol. The van der Waals surface area contributed by atoms with Gasteiger partial charge in [-0.2, -0.15) is 0 Å². The van der Waals surface area contributed by atoms with E-state index in [1.807, 2.05) is 13.8 Å². The topological polar surface area (TPSA) is 76.7 Å². The van der Waals surface area contributed by atoms with Gasteiger partial charge in [0.25, 0.3) is 5.91 Å². The van der Waals surface area contributed by atoms with Crippen LogP contribution in [0.15, 0.2) is 18.2 Å². The standard InChI is InChI=1S/C15H22N2O4/c1-5-10(2)17-14(18)9-16-15(19)11-6-7-12(20-3)13(8-11)21-4/h6-8,10H,5,9H2,1-4H3,(H,16,19)(H,17,18). The maximum atomic E-state index is 12.0. The lowest BCUT2D eigenvalue weighted by molar-refractivity contribution is -0.120. The summed E-state index contributed by atoms with van der Waals surface area (Å²) in [5, 5.41) is 5.35. The quantitative estimate of drug-likeness (QED) is 0.796. The van der Waals surface area contributed by atoms with Crippen molar-refractivity contribution < 1.29 is 19.1 Å². The molecule has 21 heavy (non-hydrogen) atoms. The fourth-order valence-corrected chi connectivity index (χ4v) is 1.67. The second-order valence-electron chi connectivity index (χ2n) is 4.63. The van der Waals surface area contributed by atoms with E-state index in [-0.39, 0.29) is 24.4 Å². The number of ether oxygens (including phenoxy) is 2. The van der Waals surface area contributed by atoms with Crippen molar-refractivity contribution >= 4 is 11.8 Å². The van der Waals surface area contributed by atoms with Crippen molar-refractivity contribution in [3.63, 3.8) is 0 Å². The van der Waals surface area contributed by atoms with Crippen molar-refractivity contribution in [1.29, 1.82) is 0 Å². The number of benzene rings is 1. The molecule has 0 spiro atoms. The molecule has 6 nitrogen and oxygen atoms in total. The molecule has 1 aromatic carbocycles. The van der Waals surface area contributed by atoms with Crippen molar-refractivity contribution in [2.24, 2.45) is 0 Å². The van der Waals surface area contributed by atoms with Gasteiger partial charge in [-0.05, 0) is 31.5 Å². The summed E-state index contributed by atoms with van der Waals surface area (Å²) in [5.41, 5.74) is 0.406. The third-order valence-electron chi connectivity index (χ3n) is 3.07. The molecule has 6 heteroatoms. The number of amides is 2. The summed E-state index contributed by atoms with van der Waals surface area (Å²) in [6.45, 7) is 3.83. The molecule has 0 fully saturated rings. The average molecular weight is 294 g/mol. The highest BCUT2D eigenvalue weighted by atomic mass is 16.5. The minimum atomic E-state index is -0.338. The van der Waals surface area contributed by atoms with Crippen LogP contribution in [-0.4, -0.2) is 38.6 Å². The minimum Gasteiger partial charge on any atom is -0.493 e. The van der Waals surface area contributed by atoms with Gasteiger partial charge in [-0.15, -0.1) is 0 Å². The Bertz CT molecular complexity index is 502. The van der Waals surface area contributed by atoms with E-state index >= 15 is 0 Å². The van der Waals surface area contributed by atoms with Crippen molar-refractivity contribution in [1.82, 2.24) is 10.6 Å². The van der Waals surface area contributed by atoms with Gasteiger partial charge in [0.1, 0.15) is 0 Å². The van der Waals surface area contributed by atoms with Crippen molar-refractivity contribution in [3.05, 3.63) is 23.8 Å². The van der Waals surface area contributed by atoms with Crippen molar-refractivity contribution in [2.75, 3.05) is 20.8 Å². The van der Waals surface area contributed by atoms with Crippen LogP contribution in [-0.2, 0) is 4.79 Å². The van der Waals surface area contributed by atoms with Crippen molar-refractivity contribution in [3.8, 4) is 11.5 Å². The molecule has 0 aromatic heterocycles. The van der Waals surface area contributed by atoms with Gasteiger partial charge in [0.15, 0.2) is 11.5 Å². The molecule has 1 rings (SSSR count). The summed E-state index contributed by atoms with van der Waals surface area (Å²) < 4.78 is 10.2. The first-order valence-corrected chi connectivity index (χ1v) is 6.81. The van der Waals surface area contributed by atoms with E-state index in [2.05, 4.69) is 10.6 Å². The highest BCUT2D eigenvalue weighted by molar-refractivity contribution is 5.97. The Kier molecular flexibility index (Phi) is 6.52. The third kappa shape index (κ3) is 4.98. The zero-order valence-corrected chi connectivity index (χ0v) is 12.9. The number of nitrogens with one attached hydrogen (secondary N) is 2. The molecule has 0 heterocycles. The number of methoxy groups -OCH3 is 2. The summed E-state index contributed by atoms with van der Waals surface area (Å²) in [7, 11) is 3.02. The lowest BCUT2D eigenvalue weighted by atomic mass is 10.2. The summed E-state index contributed by atoms with van der Waals surface area (Å²) in [4.78, 5) is 23.6. The zero-order valence-electron chi connectivity index (χ0n) is 12.9. The molecule has 2 amide bonds. The molecular formula is C15H22N2O4. The van der Waals surface area contributed by atoms with Crippen LogP contribution in [0.5, 0.6) is 11.5 Å². The van der Waals surface area contributed by atoms with Gasteiger partial charge in [0.2, 0.25) is 5.91 Å². The summed E-state index contributed by atoms with van der Waals surface area (Å²) >= 11 is 0. The number of rotatable bonds is 7. The number of hydrogen-bond donors (Lipinski definition) is 2. The smallest absolute Gasteiger partial charge is 0.251 e. The maximum Gasteiger partial charge on any atom is 0.251 e. The molecule has 0 saturated carbocycles. The van der Waals surface area contributed by atoms with Gasteiger partial charge in [0.05, 0.1) is 20.8 Å². The van der Waals surface area contributed by atoms with Crippen LogP contribution in [0.1, 0.15) is 30.6 Å². The molecule has 1 aromatic rings. The van der Waals surface area contributed by atoms with Crippen LogP contribution in [0.4, 0.5) is 0 Å². The predicted octanol–water partition coefficient (Wildman–Crippen LogP) is 1.35. The second kappa shape index (κ2) is 8.14. The van der Waals surface area contributed by atoms with E-state index < -0.39 is 0 Å². The minimum absolute atomic E-state index is 0.0580. The summed E-state index contributed by atoms with van der Waals surface area (Å²) in [6.07, 6.45) is 0.843. The van der Waals surface area contributed by atoms with E-state index in [1.165, 1.54) is 14.2 Å². The Morgan fingerprint density at radius 2 is 1.86 bits per heavy atom. The number of carbonyl (C=O) groups excluding carboxylic acids is 2. The van der Waals surface area contributed by atoms with Crippen LogP contribution < -0.4 is 20.1 Å². The largest absolute Gasteiger partial charge is 0.493 e. The fraction of sp³-hybridized carbons (Fsp3) is 0.467. The van der Waals surface area contributed by atoms with E-state index in [1.54, 1.807) is 18.2 Å². The molecule has 0 bridgehead atoms. The normalized spacial score (nSPS) is 11.4. The van der Waals surface area contributed by atoms with Crippen LogP contribution in [0.2, 0.25) is 0 Å². The van der Waals surface area contributed by atoms with Crippen molar-refractivity contribution in [2.45, 2.75) is 26.3 Å². The lowest BCUT2D eigenvalue weighted by Gasteiger charge is -2.12. The maximum absolute atomic E-state index is 12.0. The SMILES string of the molecule is CCC(C)NC(=O)CNC(=O)c1ccc(OC)c(OC)c1. The number of hydrogen-bond acceptors (Lipinski definition) is 4. The Labute approximate surface area is 124 Å². The first-order chi connectivity index (χ1) is 10.0. The van der Waals surface area contributed by atoms with Gasteiger partial charge in [-0.3, -0.25) is 9.59 Å². The first-order valence-electron chi connectivity index (χ1n) is 6.81. The molecule has 0 aliphatic carbocycles. The van der Waals surface area contributed by atoms with E-state index in [4.69, 9.17) is 9.47 Å². The highest BCUT2D eigenvalue weighted by Gasteiger charge is 2.12. The molecule has 2 N–H and O–H groups in total. The molecule has 0 aliphatic heterocycles. The first kappa shape index (κ1) is 16.8. The molecule has 0 aliphatic rings. The molecular weight excluding hydrogens is 272 g/mol. The van der Waals surface area contributed by atoms with Gasteiger partial charge in [-0.1, -0.05) is 6.92 Å². The Morgan fingerprint density at radius 3 is 2.43 bits per heavy atom. The molecule has 116 valence electrons. The predicted molar refractivity (Wildman–Crippen MR) is 79.8 cm³/mol. The summed E-state index contributed by atoms with van der Waals surface area (Å²) in [6, 6.07) is 4.92. The van der Waals surface area contributed by atoms with E-state index in [0.717, 1.165) is 6.42 Å². The van der Waals surface area contributed by atoms with E-state index in [9.17, 15) is 9.59 Å². The summed E-state index contributed by atoms with van der Waals surface area (Å²) in [5.74, 6) is 0.464. The van der Waals surface area contributed by atoms with Gasteiger partial charge >= 0.3 is 0 Å². The third-order valence-corrected chi connectivity index (χ3v) is 3.07. The fourth-order valence-electron chi connectivity index (χ4n) is 1.67. The van der Waals surface area contributed by atoms with Gasteiger partial charge in [0, 0.05) is 11.6 Å². The molecule has 1 atom stereocenters. The molecule has 0 radical (unpaired) electrons. The van der Waals surface area contributed by atoms with E-state index in [0.29, 0.717) is 17.1 Å². The zero-order chi connectivity index (χ0) is 15.8. The average Bonchev–Trinajstić information content (AvgIpc) is 2.51. The second-order valence-corrected chi connectivity index (χ2v) is 4.63. The Balaban J connectivity index is 2.62. The van der Waals surface area contributed by atoms with Crippen LogP contribution in [0, 0.1) is 0 Å². The van der Waals surface area contributed by atoms with Crippen LogP contribution in [0.25, 0.3) is 0 Å². The molecule has 1 unspecified atom stereocenters. The van der Waals surface area contributed by atoms with Gasteiger partial charge in [-0.25, -0.2) is 0 Å². The Hall–Kier alpha value is -2.24. The van der Waals surface area contributed by atoms with Gasteiger partial charge < -0.3 is 20.1 Å².